The van der Waals surface area contributed by atoms with Crippen LogP contribution in [0, 0.1) is 10.1 Å². The molecule has 1 aliphatic rings. The molecule has 6 heteroatoms. The molecule has 0 spiro atoms. The number of benzene rings is 1. The molecule has 0 unspecified atom stereocenters. The fourth-order valence-electron chi connectivity index (χ4n) is 2.51. The summed E-state index contributed by atoms with van der Waals surface area (Å²) in [5, 5.41) is 10.8. The quantitative estimate of drug-likeness (QED) is 0.638. The van der Waals surface area contributed by atoms with Crippen LogP contribution in [0.5, 0.6) is 0 Å². The van der Waals surface area contributed by atoms with Crippen LogP contribution in [0.15, 0.2) is 42.6 Å². The zero-order valence-corrected chi connectivity index (χ0v) is 11.2. The average molecular weight is 283 g/mol. The zero-order chi connectivity index (χ0) is 14.8. The van der Waals surface area contributed by atoms with Crippen LogP contribution in [0.25, 0.3) is 0 Å². The van der Waals surface area contributed by atoms with Gasteiger partial charge in [-0.15, -0.1) is 0 Å². The van der Waals surface area contributed by atoms with Gasteiger partial charge in [-0.3, -0.25) is 19.9 Å². The van der Waals surface area contributed by atoms with Crippen LogP contribution in [0.4, 0.5) is 11.4 Å². The van der Waals surface area contributed by atoms with Gasteiger partial charge in [-0.1, -0.05) is 6.07 Å². The van der Waals surface area contributed by atoms with Gasteiger partial charge in [-0.05, 0) is 30.2 Å². The molecule has 0 N–H and O–H groups in total. The van der Waals surface area contributed by atoms with Crippen molar-refractivity contribution in [2.75, 3.05) is 11.4 Å². The van der Waals surface area contributed by atoms with Crippen molar-refractivity contribution in [3.05, 3.63) is 64.0 Å². The minimum Gasteiger partial charge on any atom is -0.311 e. The number of anilines is 1. The van der Waals surface area contributed by atoms with Gasteiger partial charge in [0.25, 0.3) is 5.69 Å². The number of hydrogen-bond donors (Lipinski definition) is 0. The lowest BCUT2D eigenvalue weighted by molar-refractivity contribution is -0.384. The van der Waals surface area contributed by atoms with Crippen molar-refractivity contribution in [1.82, 2.24) is 4.98 Å². The SMILES string of the molecule is O=C(Cc1ccccn1)N1CCc2cc([N+](=O)[O-])ccc21. The Labute approximate surface area is 121 Å². The van der Waals surface area contributed by atoms with Gasteiger partial charge >= 0.3 is 0 Å². The lowest BCUT2D eigenvalue weighted by Gasteiger charge is -2.16. The van der Waals surface area contributed by atoms with E-state index in [1.54, 1.807) is 29.3 Å². The van der Waals surface area contributed by atoms with Gasteiger partial charge in [0.15, 0.2) is 0 Å². The van der Waals surface area contributed by atoms with Gasteiger partial charge in [0.1, 0.15) is 0 Å². The molecule has 1 aromatic heterocycles. The Morgan fingerprint density at radius 1 is 1.33 bits per heavy atom. The average Bonchev–Trinajstić information content (AvgIpc) is 2.91. The number of nitrogens with zero attached hydrogens (tertiary/aromatic N) is 3. The fraction of sp³-hybridized carbons (Fsp3) is 0.200. The van der Waals surface area contributed by atoms with Gasteiger partial charge in [0.2, 0.25) is 5.91 Å². The number of pyridine rings is 1. The summed E-state index contributed by atoms with van der Waals surface area (Å²) < 4.78 is 0. The highest BCUT2D eigenvalue weighted by molar-refractivity contribution is 5.96. The normalized spacial score (nSPS) is 13.0. The molecule has 3 rings (SSSR count). The summed E-state index contributed by atoms with van der Waals surface area (Å²) in [4.78, 5) is 28.5. The molecule has 0 radical (unpaired) electrons. The lowest BCUT2D eigenvalue weighted by Crippen LogP contribution is -2.30. The minimum absolute atomic E-state index is 0.0405. The van der Waals surface area contributed by atoms with Crippen molar-refractivity contribution in [3.8, 4) is 0 Å². The summed E-state index contributed by atoms with van der Waals surface area (Å²) in [5.41, 5.74) is 2.39. The van der Waals surface area contributed by atoms with E-state index in [-0.39, 0.29) is 18.0 Å². The molecule has 106 valence electrons. The van der Waals surface area contributed by atoms with Gasteiger partial charge < -0.3 is 4.90 Å². The number of nitro benzene ring substituents is 1. The Bertz CT molecular complexity index is 701. The number of carbonyl (C=O) groups is 1. The van der Waals surface area contributed by atoms with E-state index in [9.17, 15) is 14.9 Å². The summed E-state index contributed by atoms with van der Waals surface area (Å²) in [5.74, 6) is -0.0405. The molecule has 0 aliphatic carbocycles. The van der Waals surface area contributed by atoms with Gasteiger partial charge in [-0.25, -0.2) is 0 Å². The predicted molar refractivity (Wildman–Crippen MR) is 77.1 cm³/mol. The number of nitro groups is 1. The Kier molecular flexibility index (Phi) is 3.35. The molecule has 1 aromatic carbocycles. The molecule has 0 saturated carbocycles. The van der Waals surface area contributed by atoms with Crippen LogP contribution in [0.2, 0.25) is 0 Å². The number of aromatic nitrogens is 1. The second-order valence-electron chi connectivity index (χ2n) is 4.86. The Morgan fingerprint density at radius 2 is 2.19 bits per heavy atom. The smallest absolute Gasteiger partial charge is 0.269 e. The van der Waals surface area contributed by atoms with E-state index >= 15 is 0 Å². The largest absolute Gasteiger partial charge is 0.311 e. The van der Waals surface area contributed by atoms with Crippen LogP contribution >= 0.6 is 0 Å². The maximum absolute atomic E-state index is 12.3. The van der Waals surface area contributed by atoms with Crippen LogP contribution in [0.3, 0.4) is 0 Å². The molecule has 0 saturated heterocycles. The molecule has 0 atom stereocenters. The van der Waals surface area contributed by atoms with Crippen LogP contribution in [0.1, 0.15) is 11.3 Å². The first kappa shape index (κ1) is 13.2. The fourth-order valence-corrected chi connectivity index (χ4v) is 2.51. The summed E-state index contributed by atoms with van der Waals surface area (Å²) in [6.45, 7) is 0.558. The number of hydrogen-bond acceptors (Lipinski definition) is 4. The van der Waals surface area contributed by atoms with Gasteiger partial charge in [0, 0.05) is 36.3 Å². The van der Waals surface area contributed by atoms with E-state index in [4.69, 9.17) is 0 Å². The minimum atomic E-state index is -0.418. The predicted octanol–water partition coefficient (Wildman–Crippen LogP) is 2.12. The summed E-state index contributed by atoms with van der Waals surface area (Å²) in [6, 6.07) is 10.1. The number of amides is 1. The molecule has 6 nitrogen and oxygen atoms in total. The van der Waals surface area contributed by atoms with Crippen LogP contribution in [-0.2, 0) is 17.6 Å². The van der Waals surface area contributed by atoms with Crippen molar-refractivity contribution in [1.29, 1.82) is 0 Å². The summed E-state index contributed by atoms with van der Waals surface area (Å²) >= 11 is 0. The van der Waals surface area contributed by atoms with Crippen LogP contribution < -0.4 is 4.90 Å². The third-order valence-corrected chi connectivity index (χ3v) is 3.53. The maximum Gasteiger partial charge on any atom is 0.269 e. The standard InChI is InChI=1S/C15H13N3O3/c19-15(10-12-3-1-2-7-16-12)17-8-6-11-9-13(18(20)21)4-5-14(11)17/h1-5,7,9H,6,8,10H2. The van der Waals surface area contributed by atoms with Crippen LogP contribution in [-0.4, -0.2) is 22.4 Å². The van der Waals surface area contributed by atoms with Gasteiger partial charge in [-0.2, -0.15) is 0 Å². The first-order valence-corrected chi connectivity index (χ1v) is 6.63. The molecular weight excluding hydrogens is 270 g/mol. The third kappa shape index (κ3) is 2.60. The molecule has 0 fully saturated rings. The molecule has 0 bridgehead atoms. The first-order valence-electron chi connectivity index (χ1n) is 6.63. The third-order valence-electron chi connectivity index (χ3n) is 3.53. The number of fused-ring (bicyclic) bond motifs is 1. The summed E-state index contributed by atoms with van der Waals surface area (Å²) in [7, 11) is 0. The highest BCUT2D eigenvalue weighted by atomic mass is 16.6. The van der Waals surface area contributed by atoms with Gasteiger partial charge in [0.05, 0.1) is 11.3 Å². The van der Waals surface area contributed by atoms with Crippen molar-refractivity contribution >= 4 is 17.3 Å². The Balaban J connectivity index is 1.81. The highest BCUT2D eigenvalue weighted by Gasteiger charge is 2.26. The van der Waals surface area contributed by atoms with Crippen molar-refractivity contribution in [2.24, 2.45) is 0 Å². The second kappa shape index (κ2) is 5.32. The Morgan fingerprint density at radius 3 is 2.90 bits per heavy atom. The maximum atomic E-state index is 12.3. The molecule has 21 heavy (non-hydrogen) atoms. The van der Waals surface area contributed by atoms with E-state index in [0.29, 0.717) is 13.0 Å². The molecular formula is C15H13N3O3. The molecule has 2 aromatic rings. The highest BCUT2D eigenvalue weighted by Crippen LogP contribution is 2.31. The lowest BCUT2D eigenvalue weighted by atomic mass is 10.1. The van der Waals surface area contributed by atoms with E-state index in [2.05, 4.69) is 4.98 Å². The molecule has 1 amide bonds. The molecule has 2 heterocycles. The number of carbonyl (C=O) groups excluding carboxylic acids is 1. The monoisotopic (exact) mass is 283 g/mol. The topological polar surface area (TPSA) is 76.3 Å². The van der Waals surface area contributed by atoms with Crippen molar-refractivity contribution in [2.45, 2.75) is 12.8 Å². The van der Waals surface area contributed by atoms with Crippen molar-refractivity contribution in [3.63, 3.8) is 0 Å². The van der Waals surface area contributed by atoms with E-state index in [1.165, 1.54) is 6.07 Å². The van der Waals surface area contributed by atoms with E-state index < -0.39 is 4.92 Å². The van der Waals surface area contributed by atoms with E-state index in [0.717, 1.165) is 16.9 Å². The number of non-ortho nitro benzene ring substituents is 1. The van der Waals surface area contributed by atoms with Crippen molar-refractivity contribution < 1.29 is 9.72 Å². The first-order chi connectivity index (χ1) is 10.1. The van der Waals surface area contributed by atoms with E-state index in [1.807, 2.05) is 12.1 Å². The molecule has 1 aliphatic heterocycles. The second-order valence-corrected chi connectivity index (χ2v) is 4.86. The Hall–Kier alpha value is -2.76. The number of rotatable bonds is 3. The summed E-state index contributed by atoms with van der Waals surface area (Å²) in [6.07, 6.45) is 2.53. The zero-order valence-electron chi connectivity index (χ0n) is 11.2.